The maximum Gasteiger partial charge on any atom is 0.289 e. The summed E-state index contributed by atoms with van der Waals surface area (Å²) in [7, 11) is 0. The summed E-state index contributed by atoms with van der Waals surface area (Å²) in [5.41, 5.74) is -0.921. The molecule has 6 atom stereocenters. The quantitative estimate of drug-likeness (QED) is 0.161. The Morgan fingerprint density at radius 1 is 1.06 bits per heavy atom. The minimum atomic E-state index is -1.03. The van der Waals surface area contributed by atoms with E-state index in [9.17, 15) is 28.8 Å². The third-order valence-electron chi connectivity index (χ3n) is 10.7. The summed E-state index contributed by atoms with van der Waals surface area (Å²) >= 11 is 1.30. The largest absolute Gasteiger partial charge is 0.346 e. The van der Waals surface area contributed by atoms with Gasteiger partial charge in [0.1, 0.15) is 18.1 Å². The van der Waals surface area contributed by atoms with Crippen molar-refractivity contribution in [1.82, 2.24) is 26.2 Å². The summed E-state index contributed by atoms with van der Waals surface area (Å²) in [6.45, 7) is 15.7. The molecule has 12 heteroatoms. The van der Waals surface area contributed by atoms with Crippen molar-refractivity contribution >= 4 is 46.7 Å². The number of Topliss-reactive ketones (excluding diaryl/α,β-unsaturated/α-hetero) is 1. The summed E-state index contributed by atoms with van der Waals surface area (Å²) in [6.07, 6.45) is 7.76. The molecule has 4 N–H and O–H groups in total. The second kappa shape index (κ2) is 16.0. The van der Waals surface area contributed by atoms with Crippen LogP contribution in [0.1, 0.15) is 103 Å². The number of hydrogen-bond acceptors (Lipinski definition) is 7. The molecule has 11 nitrogen and oxygen atoms in total. The monoisotopic (exact) mass is 697 g/mol. The number of likely N-dealkylation sites (tertiary alicyclic amines) is 1. The number of rotatable bonds is 15. The molecular formula is C37H55N5O6S. The smallest absolute Gasteiger partial charge is 0.289 e. The van der Waals surface area contributed by atoms with E-state index in [-0.39, 0.29) is 41.5 Å². The first-order valence-corrected chi connectivity index (χ1v) is 18.7. The van der Waals surface area contributed by atoms with E-state index in [1.54, 1.807) is 17.0 Å². The number of fused-ring (bicyclic) bond motifs is 1. The molecule has 1 saturated heterocycles. The van der Waals surface area contributed by atoms with Crippen LogP contribution in [0.5, 0.6) is 0 Å². The van der Waals surface area contributed by atoms with Crippen molar-refractivity contribution in [2.75, 3.05) is 13.1 Å². The molecule has 1 aliphatic heterocycles. The summed E-state index contributed by atoms with van der Waals surface area (Å²) in [5.74, 6) is -3.23. The first-order valence-electron chi connectivity index (χ1n) is 17.8. The molecule has 0 spiro atoms. The summed E-state index contributed by atoms with van der Waals surface area (Å²) in [5, 5.41) is 13.2. The number of piperidine rings is 1. The normalized spacial score (nSPS) is 23.3. The van der Waals surface area contributed by atoms with E-state index >= 15 is 0 Å². The fourth-order valence-electron chi connectivity index (χ4n) is 7.69. The van der Waals surface area contributed by atoms with Crippen LogP contribution < -0.4 is 21.3 Å². The maximum atomic E-state index is 14.6. The first-order chi connectivity index (χ1) is 23.1. The van der Waals surface area contributed by atoms with Crippen LogP contribution in [0.25, 0.3) is 0 Å². The molecule has 1 unspecified atom stereocenters. The van der Waals surface area contributed by atoms with Crippen molar-refractivity contribution in [1.29, 1.82) is 0 Å². The molecule has 49 heavy (non-hydrogen) atoms. The molecule has 4 rings (SSSR count). The molecule has 0 bridgehead atoms. The molecular weight excluding hydrogens is 643 g/mol. The Morgan fingerprint density at radius 3 is 2.35 bits per heavy atom. The van der Waals surface area contributed by atoms with Gasteiger partial charge >= 0.3 is 0 Å². The van der Waals surface area contributed by atoms with E-state index in [4.69, 9.17) is 0 Å². The van der Waals surface area contributed by atoms with Gasteiger partial charge in [-0.15, -0.1) is 17.9 Å². The average Bonchev–Trinajstić information content (AvgIpc) is 3.52. The fourth-order valence-corrected chi connectivity index (χ4v) is 8.32. The Hall–Kier alpha value is -3.54. The van der Waals surface area contributed by atoms with Crippen LogP contribution in [-0.2, 0) is 24.0 Å². The van der Waals surface area contributed by atoms with Gasteiger partial charge in [-0.25, -0.2) is 0 Å². The van der Waals surface area contributed by atoms with E-state index in [1.165, 1.54) is 17.4 Å². The van der Waals surface area contributed by atoms with Gasteiger partial charge in [-0.1, -0.05) is 85.8 Å². The molecule has 3 aliphatic rings. The minimum absolute atomic E-state index is 0.0617. The van der Waals surface area contributed by atoms with Gasteiger partial charge in [0, 0.05) is 13.1 Å². The highest BCUT2D eigenvalue weighted by atomic mass is 32.1. The van der Waals surface area contributed by atoms with Gasteiger partial charge in [-0.3, -0.25) is 28.8 Å². The van der Waals surface area contributed by atoms with Crippen LogP contribution in [0.3, 0.4) is 0 Å². The predicted octanol–water partition coefficient (Wildman–Crippen LogP) is 3.99. The van der Waals surface area contributed by atoms with Crippen LogP contribution in [0, 0.1) is 28.6 Å². The molecule has 0 radical (unpaired) electrons. The van der Waals surface area contributed by atoms with Crippen LogP contribution >= 0.6 is 11.3 Å². The fraction of sp³-hybridized carbons (Fsp3) is 0.676. The summed E-state index contributed by atoms with van der Waals surface area (Å²) in [6, 6.07) is -0.182. The maximum absolute atomic E-state index is 14.6. The van der Waals surface area contributed by atoms with Crippen LogP contribution in [0.2, 0.25) is 0 Å². The number of carbonyl (C=O) groups excluding carboxylic acids is 6. The van der Waals surface area contributed by atoms with Gasteiger partial charge in [0.2, 0.25) is 23.5 Å². The summed E-state index contributed by atoms with van der Waals surface area (Å²) < 4.78 is 0. The highest BCUT2D eigenvalue weighted by molar-refractivity contribution is 7.12. The second-order valence-corrected chi connectivity index (χ2v) is 16.5. The Kier molecular flexibility index (Phi) is 12.5. The van der Waals surface area contributed by atoms with E-state index in [0.29, 0.717) is 24.3 Å². The Labute approximate surface area is 294 Å². The number of unbranched alkanes of at least 4 members (excludes halogenated alkanes) is 1. The van der Waals surface area contributed by atoms with E-state index in [1.807, 2.05) is 33.1 Å². The van der Waals surface area contributed by atoms with Gasteiger partial charge in [0.25, 0.3) is 11.8 Å². The van der Waals surface area contributed by atoms with Gasteiger partial charge in [0.05, 0.1) is 10.9 Å². The number of ketones is 1. The lowest BCUT2D eigenvalue weighted by molar-refractivity contribution is -0.147. The van der Waals surface area contributed by atoms with E-state index in [0.717, 1.165) is 38.5 Å². The van der Waals surface area contributed by atoms with Crippen molar-refractivity contribution in [2.24, 2.45) is 28.6 Å². The molecule has 3 fully saturated rings. The van der Waals surface area contributed by atoms with Crippen LogP contribution in [0.15, 0.2) is 30.2 Å². The van der Waals surface area contributed by atoms with Crippen molar-refractivity contribution < 1.29 is 28.8 Å². The lowest BCUT2D eigenvalue weighted by Gasteiger charge is -2.39. The van der Waals surface area contributed by atoms with Gasteiger partial charge in [-0.2, -0.15) is 0 Å². The third-order valence-corrected chi connectivity index (χ3v) is 11.6. The molecule has 1 aromatic heterocycles. The zero-order chi connectivity index (χ0) is 36.1. The molecule has 270 valence electrons. The molecule has 2 saturated carbocycles. The average molecular weight is 698 g/mol. The highest BCUT2D eigenvalue weighted by Crippen LogP contribution is 2.65. The van der Waals surface area contributed by atoms with Crippen molar-refractivity contribution in [2.45, 2.75) is 117 Å². The molecule has 5 amide bonds. The van der Waals surface area contributed by atoms with Crippen LogP contribution in [-0.4, -0.2) is 77.5 Å². The first kappa shape index (κ1) is 38.3. The van der Waals surface area contributed by atoms with Crippen molar-refractivity contribution in [3.05, 3.63) is 35.0 Å². The van der Waals surface area contributed by atoms with E-state index < -0.39 is 53.1 Å². The lowest BCUT2D eigenvalue weighted by Crippen LogP contribution is -2.62. The highest BCUT2D eigenvalue weighted by Gasteiger charge is 2.70. The molecule has 0 aromatic carbocycles. The Balaban J connectivity index is 1.57. The van der Waals surface area contributed by atoms with E-state index in [2.05, 4.69) is 41.7 Å². The number of nitrogens with one attached hydrogen (secondary N) is 4. The molecule has 2 heterocycles. The number of hydrogen-bond donors (Lipinski definition) is 4. The predicted molar refractivity (Wildman–Crippen MR) is 189 cm³/mol. The van der Waals surface area contributed by atoms with Gasteiger partial charge < -0.3 is 26.2 Å². The van der Waals surface area contributed by atoms with Crippen molar-refractivity contribution in [3.8, 4) is 0 Å². The lowest BCUT2D eigenvalue weighted by atomic mass is 9.82. The zero-order valence-corrected chi connectivity index (χ0v) is 30.8. The van der Waals surface area contributed by atoms with Gasteiger partial charge in [0.15, 0.2) is 0 Å². The Bertz CT molecular complexity index is 1400. The van der Waals surface area contributed by atoms with Crippen molar-refractivity contribution in [3.63, 3.8) is 0 Å². The minimum Gasteiger partial charge on any atom is -0.346 e. The second-order valence-electron chi connectivity index (χ2n) is 15.6. The van der Waals surface area contributed by atoms with Gasteiger partial charge in [-0.05, 0) is 59.3 Å². The van der Waals surface area contributed by atoms with Crippen LogP contribution in [0.4, 0.5) is 0 Å². The third kappa shape index (κ3) is 8.80. The standard InChI is InChI=1S/C37H55N5O6S/c1-8-10-17-24(29(43)34(47)38-19-9-2)39-33(46)28-26-23(37(26,6)7)21-42(28)35(48)30(36(3,4)5)41-32(45)27(22-15-12-11-13-16-22)40-31(44)25-18-14-20-49-25/h9,14,18,20,22-24,26-28,30H,2,8,10-13,15-17,19,21H2,1,3-7H3,(H,38,47)(H,39,46)(H,40,44)(H,41,45)/t23-,24?,26-,27-,28-,30+/m0/s1. The number of thiophene rings is 1. The topological polar surface area (TPSA) is 154 Å². The SMILES string of the molecule is C=CCNC(=O)C(=O)C(CCCC)NC(=O)[C@@H]1[C@@H]2[C@H](CN1C(=O)[C@@H](NC(=O)[C@@H](NC(=O)c1cccs1)C1CCCCC1)C(C)(C)C)C2(C)C. The number of nitrogens with zero attached hydrogens (tertiary/aromatic N) is 1. The molecule has 2 aliphatic carbocycles. The zero-order valence-electron chi connectivity index (χ0n) is 29.9. The number of amides is 5. The Morgan fingerprint density at radius 2 is 1.76 bits per heavy atom. The molecule has 1 aromatic rings. The number of carbonyl (C=O) groups is 6. The summed E-state index contributed by atoms with van der Waals surface area (Å²) in [4.78, 5) is 83.7.